The Balaban J connectivity index is 1.55. The van der Waals surface area contributed by atoms with Gasteiger partial charge < -0.3 is 14.2 Å². The van der Waals surface area contributed by atoms with Crippen LogP contribution in [0.3, 0.4) is 0 Å². The first-order valence-electron chi connectivity index (χ1n) is 6.66. The summed E-state index contributed by atoms with van der Waals surface area (Å²) in [6.07, 6.45) is 0.966. The number of carbonyl (C=O) groups is 1. The molecule has 0 unspecified atom stereocenters. The minimum atomic E-state index is -0.303. The third kappa shape index (κ3) is 3.62. The summed E-state index contributed by atoms with van der Waals surface area (Å²) < 4.78 is 10.3. The van der Waals surface area contributed by atoms with Crippen LogP contribution in [-0.4, -0.2) is 46.4 Å². The highest BCUT2D eigenvalue weighted by Gasteiger charge is 2.27. The number of ether oxygens (including phenoxy) is 1. The molecule has 0 radical (unpaired) electrons. The second-order valence-corrected chi connectivity index (χ2v) is 5.64. The zero-order valence-corrected chi connectivity index (χ0v) is 12.2. The molecule has 1 atom stereocenters. The molecule has 2 aromatic rings. The Morgan fingerprint density at radius 1 is 1.38 bits per heavy atom. The first-order chi connectivity index (χ1) is 10.3. The van der Waals surface area contributed by atoms with Gasteiger partial charge in [-0.05, 0) is 12.1 Å². The lowest BCUT2D eigenvalue weighted by atomic mass is 10.2. The Labute approximate surface area is 126 Å². The van der Waals surface area contributed by atoms with E-state index in [9.17, 15) is 4.79 Å². The van der Waals surface area contributed by atoms with Gasteiger partial charge in [-0.1, -0.05) is 23.4 Å². The van der Waals surface area contributed by atoms with Crippen LogP contribution in [0.25, 0.3) is 0 Å². The molecule has 1 aliphatic heterocycles. The fourth-order valence-corrected chi connectivity index (χ4v) is 2.93. The minimum absolute atomic E-state index is 0.0978. The second kappa shape index (κ2) is 6.73. The van der Waals surface area contributed by atoms with E-state index in [0.717, 1.165) is 4.90 Å². The third-order valence-corrected chi connectivity index (χ3v) is 4.19. The van der Waals surface area contributed by atoms with Gasteiger partial charge in [0.2, 0.25) is 18.1 Å². The molecular weight excluding hydrogens is 290 g/mol. The molecule has 110 valence electrons. The predicted molar refractivity (Wildman–Crippen MR) is 76.7 cm³/mol. The number of thioether (sulfide) groups is 1. The van der Waals surface area contributed by atoms with Crippen LogP contribution >= 0.6 is 11.8 Å². The Kier molecular flexibility index (Phi) is 4.52. The molecule has 3 rings (SSSR count). The topological polar surface area (TPSA) is 68.5 Å². The summed E-state index contributed by atoms with van der Waals surface area (Å²) >= 11 is 1.54. The number of rotatable bonds is 4. The third-order valence-electron chi connectivity index (χ3n) is 3.19. The maximum atomic E-state index is 12.3. The summed E-state index contributed by atoms with van der Waals surface area (Å²) in [7, 11) is 0. The molecule has 1 aromatic heterocycles. The van der Waals surface area contributed by atoms with Gasteiger partial charge in [-0.3, -0.25) is 4.79 Å². The molecule has 0 spiro atoms. The fourth-order valence-electron chi connectivity index (χ4n) is 2.11. The van der Waals surface area contributed by atoms with E-state index in [1.807, 2.05) is 30.3 Å². The van der Waals surface area contributed by atoms with Crippen molar-refractivity contribution in [3.63, 3.8) is 0 Å². The van der Waals surface area contributed by atoms with Crippen LogP contribution in [0.4, 0.5) is 0 Å². The van der Waals surface area contributed by atoms with Crippen LogP contribution < -0.4 is 0 Å². The monoisotopic (exact) mass is 305 g/mol. The van der Waals surface area contributed by atoms with Gasteiger partial charge in [-0.2, -0.15) is 4.98 Å². The number of benzene rings is 1. The summed E-state index contributed by atoms with van der Waals surface area (Å²) in [5, 5.41) is 3.77. The van der Waals surface area contributed by atoms with Crippen molar-refractivity contribution in [2.24, 2.45) is 0 Å². The molecule has 1 aliphatic rings. The molecule has 0 N–H and O–H groups in total. The van der Waals surface area contributed by atoms with Crippen molar-refractivity contribution in [2.75, 3.05) is 25.4 Å². The van der Waals surface area contributed by atoms with Crippen molar-refractivity contribution in [1.29, 1.82) is 0 Å². The molecule has 1 fully saturated rings. The van der Waals surface area contributed by atoms with Gasteiger partial charge in [0, 0.05) is 11.4 Å². The SMILES string of the molecule is O=C(CSc1ccccc1)N1CCO[C@@H](c2ncon2)C1. The molecule has 0 aliphatic carbocycles. The number of morpholine rings is 1. The van der Waals surface area contributed by atoms with Gasteiger partial charge in [0.25, 0.3) is 0 Å². The van der Waals surface area contributed by atoms with Crippen LogP contribution in [0.15, 0.2) is 46.1 Å². The summed E-state index contributed by atoms with van der Waals surface area (Å²) in [6.45, 7) is 1.55. The first kappa shape index (κ1) is 14.1. The molecule has 1 amide bonds. The van der Waals surface area contributed by atoms with Crippen molar-refractivity contribution in [2.45, 2.75) is 11.0 Å². The summed E-state index contributed by atoms with van der Waals surface area (Å²) in [5.41, 5.74) is 0. The van der Waals surface area contributed by atoms with Crippen molar-refractivity contribution in [3.05, 3.63) is 42.5 Å². The molecule has 1 saturated heterocycles. The Bertz CT molecular complexity index is 576. The zero-order valence-electron chi connectivity index (χ0n) is 11.3. The lowest BCUT2D eigenvalue weighted by Gasteiger charge is -2.31. The second-order valence-electron chi connectivity index (χ2n) is 4.59. The smallest absolute Gasteiger partial charge is 0.233 e. The Morgan fingerprint density at radius 2 is 2.24 bits per heavy atom. The summed E-state index contributed by atoms with van der Waals surface area (Å²) in [6, 6.07) is 9.89. The lowest BCUT2D eigenvalue weighted by Crippen LogP contribution is -2.43. The molecule has 7 heteroatoms. The average molecular weight is 305 g/mol. The lowest BCUT2D eigenvalue weighted by molar-refractivity contribution is -0.136. The van der Waals surface area contributed by atoms with Crippen LogP contribution in [0.2, 0.25) is 0 Å². The van der Waals surface area contributed by atoms with E-state index in [0.29, 0.717) is 31.3 Å². The van der Waals surface area contributed by atoms with Crippen molar-refractivity contribution in [3.8, 4) is 0 Å². The van der Waals surface area contributed by atoms with Crippen molar-refractivity contribution < 1.29 is 14.1 Å². The minimum Gasteiger partial charge on any atom is -0.366 e. The predicted octanol–water partition coefficient (Wildman–Crippen LogP) is 1.76. The maximum Gasteiger partial charge on any atom is 0.233 e. The highest BCUT2D eigenvalue weighted by molar-refractivity contribution is 8.00. The highest BCUT2D eigenvalue weighted by Crippen LogP contribution is 2.21. The van der Waals surface area contributed by atoms with Gasteiger partial charge in [0.05, 0.1) is 18.9 Å². The van der Waals surface area contributed by atoms with E-state index < -0.39 is 0 Å². The standard InChI is InChI=1S/C14H15N3O3S/c18-13(9-21-11-4-2-1-3-5-11)17-6-7-19-12(8-17)14-15-10-20-16-14/h1-5,10,12H,6-9H2/t12-/m1/s1. The van der Waals surface area contributed by atoms with E-state index in [-0.39, 0.29) is 12.0 Å². The molecule has 1 aromatic carbocycles. The highest BCUT2D eigenvalue weighted by atomic mass is 32.2. The fraction of sp³-hybridized carbons (Fsp3) is 0.357. The number of aromatic nitrogens is 2. The number of carbonyl (C=O) groups excluding carboxylic acids is 1. The molecule has 0 bridgehead atoms. The van der Waals surface area contributed by atoms with Crippen LogP contribution in [-0.2, 0) is 9.53 Å². The van der Waals surface area contributed by atoms with Crippen LogP contribution in [0.1, 0.15) is 11.9 Å². The normalized spacial score (nSPS) is 18.7. The van der Waals surface area contributed by atoms with Gasteiger partial charge in [-0.25, -0.2) is 0 Å². The number of hydrogen-bond donors (Lipinski definition) is 0. The average Bonchev–Trinajstić information content (AvgIpc) is 3.08. The van der Waals surface area contributed by atoms with Gasteiger partial charge in [0.1, 0.15) is 6.10 Å². The number of nitrogens with zero attached hydrogens (tertiary/aromatic N) is 3. The molecular formula is C14H15N3O3S. The molecule has 21 heavy (non-hydrogen) atoms. The van der Waals surface area contributed by atoms with Crippen molar-refractivity contribution in [1.82, 2.24) is 15.0 Å². The van der Waals surface area contributed by atoms with Gasteiger partial charge >= 0.3 is 0 Å². The van der Waals surface area contributed by atoms with Gasteiger partial charge in [-0.15, -0.1) is 11.8 Å². The van der Waals surface area contributed by atoms with Crippen molar-refractivity contribution >= 4 is 17.7 Å². The van der Waals surface area contributed by atoms with E-state index >= 15 is 0 Å². The molecule has 6 nitrogen and oxygen atoms in total. The van der Waals surface area contributed by atoms with Crippen LogP contribution in [0.5, 0.6) is 0 Å². The summed E-state index contributed by atoms with van der Waals surface area (Å²) in [5.74, 6) is 1.01. The van der Waals surface area contributed by atoms with Crippen LogP contribution in [0, 0.1) is 0 Å². The quantitative estimate of drug-likeness (QED) is 0.802. The largest absolute Gasteiger partial charge is 0.366 e. The first-order valence-corrected chi connectivity index (χ1v) is 7.65. The maximum absolute atomic E-state index is 12.3. The van der Waals surface area contributed by atoms with E-state index in [2.05, 4.69) is 10.1 Å². The Hall–Kier alpha value is -1.86. The molecule has 0 saturated carbocycles. The summed E-state index contributed by atoms with van der Waals surface area (Å²) in [4.78, 5) is 19.1. The zero-order chi connectivity index (χ0) is 14.5. The van der Waals surface area contributed by atoms with Gasteiger partial charge in [0.15, 0.2) is 0 Å². The number of hydrogen-bond acceptors (Lipinski definition) is 6. The molecule has 2 heterocycles. The van der Waals surface area contributed by atoms with E-state index in [1.54, 1.807) is 4.90 Å². The number of amides is 1. The van der Waals surface area contributed by atoms with E-state index in [4.69, 9.17) is 9.26 Å². The van der Waals surface area contributed by atoms with E-state index in [1.165, 1.54) is 18.2 Å². The Morgan fingerprint density at radius 3 is 3.00 bits per heavy atom.